The summed E-state index contributed by atoms with van der Waals surface area (Å²) in [6.07, 6.45) is 0. The Hall–Kier alpha value is -1.18. The quantitative estimate of drug-likeness (QED) is 0.626. The SMILES string of the molecule is Cc1cc([N+](=O)[O-])ccc1S(N)(=O)=O.Cl. The van der Waals surface area contributed by atoms with Gasteiger partial charge in [-0.25, -0.2) is 13.6 Å². The van der Waals surface area contributed by atoms with Gasteiger partial charge in [0.05, 0.1) is 9.82 Å². The fourth-order valence-electron chi connectivity index (χ4n) is 1.07. The number of nitro groups is 1. The van der Waals surface area contributed by atoms with Crippen LogP contribution in [-0.4, -0.2) is 13.3 Å². The molecule has 0 aliphatic carbocycles. The summed E-state index contributed by atoms with van der Waals surface area (Å²) in [7, 11) is -3.80. The van der Waals surface area contributed by atoms with Crippen molar-refractivity contribution in [2.24, 2.45) is 5.14 Å². The van der Waals surface area contributed by atoms with Crippen LogP contribution in [-0.2, 0) is 10.0 Å². The number of nitrogens with two attached hydrogens (primary N) is 1. The van der Waals surface area contributed by atoms with Crippen molar-refractivity contribution in [3.8, 4) is 0 Å². The fraction of sp³-hybridized carbons (Fsp3) is 0.143. The topological polar surface area (TPSA) is 103 Å². The van der Waals surface area contributed by atoms with Crippen LogP contribution in [0.15, 0.2) is 23.1 Å². The predicted molar refractivity (Wildman–Crippen MR) is 56.5 cm³/mol. The molecule has 0 saturated heterocycles. The summed E-state index contributed by atoms with van der Waals surface area (Å²) in [5.74, 6) is 0. The second kappa shape index (κ2) is 4.56. The number of nitrogens with zero attached hydrogens (tertiary/aromatic N) is 1. The van der Waals surface area contributed by atoms with Crippen LogP contribution < -0.4 is 5.14 Å². The molecule has 8 heteroatoms. The normalized spacial score (nSPS) is 10.5. The maximum Gasteiger partial charge on any atom is 0.269 e. The zero-order chi connectivity index (χ0) is 10.9. The predicted octanol–water partition coefficient (Wildman–Crippen LogP) is 0.972. The van der Waals surface area contributed by atoms with Crippen molar-refractivity contribution in [2.45, 2.75) is 11.8 Å². The van der Waals surface area contributed by atoms with E-state index in [1.54, 1.807) is 0 Å². The highest BCUT2D eigenvalue weighted by atomic mass is 35.5. The summed E-state index contributed by atoms with van der Waals surface area (Å²) in [6, 6.07) is 3.40. The number of hydrogen-bond acceptors (Lipinski definition) is 4. The first-order valence-corrected chi connectivity index (χ1v) is 5.15. The molecule has 0 radical (unpaired) electrons. The van der Waals surface area contributed by atoms with Gasteiger partial charge in [-0.05, 0) is 18.6 Å². The van der Waals surface area contributed by atoms with Gasteiger partial charge >= 0.3 is 0 Å². The summed E-state index contributed by atoms with van der Waals surface area (Å²) in [5.41, 5.74) is 0.108. The van der Waals surface area contributed by atoms with Crippen molar-refractivity contribution >= 4 is 28.1 Å². The largest absolute Gasteiger partial charge is 0.269 e. The lowest BCUT2D eigenvalue weighted by Crippen LogP contribution is -2.13. The molecule has 0 aromatic heterocycles. The van der Waals surface area contributed by atoms with E-state index >= 15 is 0 Å². The molecular weight excluding hydrogens is 244 g/mol. The monoisotopic (exact) mass is 252 g/mol. The van der Waals surface area contributed by atoms with Gasteiger partial charge in [-0.15, -0.1) is 12.4 Å². The second-order valence-corrected chi connectivity index (χ2v) is 4.28. The first-order chi connectivity index (χ1) is 6.32. The Morgan fingerprint density at radius 1 is 1.40 bits per heavy atom. The highest BCUT2D eigenvalue weighted by molar-refractivity contribution is 7.89. The van der Waals surface area contributed by atoms with Crippen LogP contribution in [0.25, 0.3) is 0 Å². The van der Waals surface area contributed by atoms with Gasteiger partial charge in [-0.1, -0.05) is 0 Å². The number of halogens is 1. The molecular formula is C7H9ClN2O4S. The molecule has 0 saturated carbocycles. The number of sulfonamides is 1. The van der Waals surface area contributed by atoms with Crippen LogP contribution >= 0.6 is 12.4 Å². The third-order valence-corrected chi connectivity index (χ3v) is 2.75. The maximum atomic E-state index is 10.9. The minimum absolute atomic E-state index is 0. The van der Waals surface area contributed by atoms with E-state index in [0.717, 1.165) is 12.1 Å². The van der Waals surface area contributed by atoms with Crippen LogP contribution in [0.5, 0.6) is 0 Å². The van der Waals surface area contributed by atoms with Crippen molar-refractivity contribution in [2.75, 3.05) is 0 Å². The van der Waals surface area contributed by atoms with E-state index in [4.69, 9.17) is 5.14 Å². The lowest BCUT2D eigenvalue weighted by atomic mass is 10.2. The third kappa shape index (κ3) is 3.15. The summed E-state index contributed by atoms with van der Waals surface area (Å²) < 4.78 is 21.9. The number of rotatable bonds is 2. The molecule has 1 aromatic rings. The van der Waals surface area contributed by atoms with E-state index in [0.29, 0.717) is 0 Å². The number of hydrogen-bond donors (Lipinski definition) is 1. The average Bonchev–Trinajstić information content (AvgIpc) is 2.01. The van der Waals surface area contributed by atoms with Crippen molar-refractivity contribution in [1.82, 2.24) is 0 Å². The lowest BCUT2D eigenvalue weighted by molar-refractivity contribution is -0.385. The molecule has 1 rings (SSSR count). The van der Waals surface area contributed by atoms with Gasteiger partial charge in [0.1, 0.15) is 0 Å². The zero-order valence-corrected chi connectivity index (χ0v) is 9.34. The Morgan fingerprint density at radius 3 is 2.27 bits per heavy atom. The molecule has 1 aromatic carbocycles. The minimum atomic E-state index is -3.80. The molecule has 0 bridgehead atoms. The minimum Gasteiger partial charge on any atom is -0.258 e. The van der Waals surface area contributed by atoms with E-state index in [2.05, 4.69) is 0 Å². The zero-order valence-electron chi connectivity index (χ0n) is 7.71. The lowest BCUT2D eigenvalue weighted by Gasteiger charge is -2.01. The van der Waals surface area contributed by atoms with Crippen LogP contribution in [0, 0.1) is 17.0 Å². The Labute approximate surface area is 92.7 Å². The number of aryl methyl sites for hydroxylation is 1. The standard InChI is InChI=1S/C7H8N2O4S.ClH/c1-5-4-6(9(10)11)2-3-7(5)14(8,12)13;/h2-4H,1H3,(H2,8,12,13);1H. The Kier molecular flexibility index (Phi) is 4.20. The summed E-state index contributed by atoms with van der Waals surface area (Å²) in [4.78, 5) is 9.65. The van der Waals surface area contributed by atoms with E-state index < -0.39 is 14.9 Å². The average molecular weight is 253 g/mol. The van der Waals surface area contributed by atoms with Gasteiger partial charge in [0.15, 0.2) is 0 Å². The van der Waals surface area contributed by atoms with E-state index in [9.17, 15) is 18.5 Å². The highest BCUT2D eigenvalue weighted by Gasteiger charge is 2.14. The summed E-state index contributed by atoms with van der Waals surface area (Å²) in [5, 5.41) is 15.2. The molecule has 0 fully saturated rings. The molecule has 0 heterocycles. The molecule has 0 aliphatic rings. The molecule has 0 atom stereocenters. The molecule has 84 valence electrons. The number of non-ortho nitro benzene ring substituents is 1. The number of primary sulfonamides is 1. The molecule has 0 aliphatic heterocycles. The molecule has 2 N–H and O–H groups in total. The maximum absolute atomic E-state index is 10.9. The Balaban J connectivity index is 0.00000196. The molecule has 6 nitrogen and oxygen atoms in total. The van der Waals surface area contributed by atoms with E-state index in [-0.39, 0.29) is 28.6 Å². The molecule has 0 spiro atoms. The van der Waals surface area contributed by atoms with Gasteiger partial charge < -0.3 is 0 Å². The van der Waals surface area contributed by atoms with Gasteiger partial charge in [0.25, 0.3) is 5.69 Å². The second-order valence-electron chi connectivity index (χ2n) is 2.75. The number of nitro benzene ring substituents is 1. The van der Waals surface area contributed by atoms with Gasteiger partial charge in [0, 0.05) is 12.1 Å². The highest BCUT2D eigenvalue weighted by Crippen LogP contribution is 2.19. The van der Waals surface area contributed by atoms with Crippen LogP contribution in [0.4, 0.5) is 5.69 Å². The van der Waals surface area contributed by atoms with Gasteiger partial charge in [0.2, 0.25) is 10.0 Å². The van der Waals surface area contributed by atoms with Crippen molar-refractivity contribution in [1.29, 1.82) is 0 Å². The first-order valence-electron chi connectivity index (χ1n) is 3.60. The van der Waals surface area contributed by atoms with E-state index in [1.807, 2.05) is 0 Å². The fourth-order valence-corrected chi connectivity index (χ4v) is 1.83. The van der Waals surface area contributed by atoms with E-state index in [1.165, 1.54) is 13.0 Å². The van der Waals surface area contributed by atoms with Gasteiger partial charge in [-0.3, -0.25) is 10.1 Å². The third-order valence-electron chi connectivity index (χ3n) is 1.68. The summed E-state index contributed by atoms with van der Waals surface area (Å²) >= 11 is 0. The summed E-state index contributed by atoms with van der Waals surface area (Å²) in [6.45, 7) is 1.45. The Bertz CT molecular complexity index is 486. The van der Waals surface area contributed by atoms with Gasteiger partial charge in [-0.2, -0.15) is 0 Å². The number of benzene rings is 1. The first kappa shape index (κ1) is 13.8. The smallest absolute Gasteiger partial charge is 0.258 e. The van der Waals surface area contributed by atoms with Crippen LogP contribution in [0.3, 0.4) is 0 Å². The molecule has 15 heavy (non-hydrogen) atoms. The van der Waals surface area contributed by atoms with Crippen LogP contribution in [0.1, 0.15) is 5.56 Å². The Morgan fingerprint density at radius 2 is 1.93 bits per heavy atom. The molecule has 0 unspecified atom stereocenters. The van der Waals surface area contributed by atoms with Crippen molar-refractivity contribution in [3.63, 3.8) is 0 Å². The molecule has 0 amide bonds. The van der Waals surface area contributed by atoms with Crippen molar-refractivity contribution < 1.29 is 13.3 Å². The van der Waals surface area contributed by atoms with Crippen molar-refractivity contribution in [3.05, 3.63) is 33.9 Å². The van der Waals surface area contributed by atoms with Crippen LogP contribution in [0.2, 0.25) is 0 Å².